The van der Waals surface area contributed by atoms with Crippen LogP contribution in [-0.4, -0.2) is 15.2 Å². The van der Waals surface area contributed by atoms with Gasteiger partial charge in [0.25, 0.3) is 0 Å². The molecule has 4 aromatic rings. The van der Waals surface area contributed by atoms with E-state index in [1.54, 1.807) is 0 Å². The van der Waals surface area contributed by atoms with Crippen molar-refractivity contribution >= 4 is 27.5 Å². The van der Waals surface area contributed by atoms with E-state index in [9.17, 15) is 0 Å². The summed E-state index contributed by atoms with van der Waals surface area (Å²) in [5.41, 5.74) is 10.5. The molecule has 0 unspecified atom stereocenters. The minimum absolute atomic E-state index is 0.736. The van der Waals surface area contributed by atoms with E-state index in [1.165, 1.54) is 5.39 Å². The van der Waals surface area contributed by atoms with Crippen LogP contribution in [0, 0.1) is 0 Å². The van der Waals surface area contributed by atoms with Crippen molar-refractivity contribution < 1.29 is 0 Å². The number of rotatable bonds is 1. The van der Waals surface area contributed by atoms with Crippen molar-refractivity contribution in [1.82, 2.24) is 15.2 Å². The van der Waals surface area contributed by atoms with Crippen molar-refractivity contribution in [1.29, 1.82) is 0 Å². The molecule has 0 aliphatic heterocycles. The van der Waals surface area contributed by atoms with Crippen LogP contribution in [-0.2, 0) is 0 Å². The molecule has 0 bridgehead atoms. The van der Waals surface area contributed by atoms with E-state index >= 15 is 0 Å². The van der Waals surface area contributed by atoms with E-state index in [0.29, 0.717) is 0 Å². The van der Waals surface area contributed by atoms with E-state index in [0.717, 1.165) is 33.5 Å². The average molecular weight is 248 g/mol. The van der Waals surface area contributed by atoms with Gasteiger partial charge in [-0.3, -0.25) is 5.10 Å². The van der Waals surface area contributed by atoms with Gasteiger partial charge in [0.1, 0.15) is 5.69 Å². The summed E-state index contributed by atoms with van der Waals surface area (Å²) in [7, 11) is 0. The fourth-order valence-electron chi connectivity index (χ4n) is 2.44. The van der Waals surface area contributed by atoms with Gasteiger partial charge in [0.15, 0.2) is 0 Å². The molecule has 2 aromatic heterocycles. The molecule has 0 radical (unpaired) electrons. The van der Waals surface area contributed by atoms with Gasteiger partial charge >= 0.3 is 0 Å². The van der Waals surface area contributed by atoms with E-state index in [2.05, 4.69) is 33.4 Å². The maximum absolute atomic E-state index is 5.78. The zero-order chi connectivity index (χ0) is 12.8. The zero-order valence-electron chi connectivity index (χ0n) is 10.1. The largest absolute Gasteiger partial charge is 0.399 e. The molecule has 4 rings (SSSR count). The van der Waals surface area contributed by atoms with Gasteiger partial charge < -0.3 is 10.7 Å². The highest BCUT2D eigenvalue weighted by Crippen LogP contribution is 2.29. The second-order valence-corrected chi connectivity index (χ2v) is 4.65. The van der Waals surface area contributed by atoms with Gasteiger partial charge in [0.2, 0.25) is 0 Å². The SMILES string of the molecule is Nc1ccc2c(-c3cc4ccccc4[nH]3)n[nH]c2c1. The van der Waals surface area contributed by atoms with Crippen molar-refractivity contribution in [3.8, 4) is 11.4 Å². The Labute approximate surface area is 109 Å². The lowest BCUT2D eigenvalue weighted by Crippen LogP contribution is -1.82. The standard InChI is InChI=1S/C15H12N4/c16-10-5-6-11-13(8-10)18-19-15(11)14-7-9-3-1-2-4-12(9)17-14/h1-8,17H,16H2,(H,18,19). The lowest BCUT2D eigenvalue weighted by Gasteiger charge is -1.94. The molecule has 0 saturated carbocycles. The fraction of sp³-hybridized carbons (Fsp3) is 0. The number of hydrogen-bond donors (Lipinski definition) is 3. The molecule has 19 heavy (non-hydrogen) atoms. The lowest BCUT2D eigenvalue weighted by molar-refractivity contribution is 1.12. The van der Waals surface area contributed by atoms with Crippen LogP contribution in [0.25, 0.3) is 33.2 Å². The lowest BCUT2D eigenvalue weighted by atomic mass is 10.1. The van der Waals surface area contributed by atoms with Gasteiger partial charge in [-0.1, -0.05) is 18.2 Å². The van der Waals surface area contributed by atoms with Crippen LogP contribution < -0.4 is 5.73 Å². The number of para-hydroxylation sites is 1. The molecular weight excluding hydrogens is 236 g/mol. The van der Waals surface area contributed by atoms with E-state index in [1.807, 2.05) is 30.3 Å². The first-order chi connectivity index (χ1) is 9.31. The maximum Gasteiger partial charge on any atom is 0.116 e. The third kappa shape index (κ3) is 1.50. The Balaban J connectivity index is 1.98. The Hall–Kier alpha value is -2.75. The molecule has 0 aliphatic carbocycles. The molecule has 4 N–H and O–H groups in total. The van der Waals surface area contributed by atoms with E-state index in [-0.39, 0.29) is 0 Å². The zero-order valence-corrected chi connectivity index (χ0v) is 10.1. The summed E-state index contributed by atoms with van der Waals surface area (Å²) in [6, 6.07) is 16.1. The van der Waals surface area contributed by atoms with Gasteiger partial charge in [-0.25, -0.2) is 0 Å². The van der Waals surface area contributed by atoms with Crippen molar-refractivity contribution in [3.05, 3.63) is 48.5 Å². The Morgan fingerprint density at radius 2 is 1.84 bits per heavy atom. The summed E-state index contributed by atoms with van der Waals surface area (Å²) < 4.78 is 0. The first kappa shape index (κ1) is 10.2. The van der Waals surface area contributed by atoms with Crippen molar-refractivity contribution in [2.75, 3.05) is 5.73 Å². The minimum atomic E-state index is 0.736. The van der Waals surface area contributed by atoms with E-state index in [4.69, 9.17) is 5.73 Å². The number of H-pyrrole nitrogens is 2. The molecule has 0 spiro atoms. The molecule has 0 amide bonds. The van der Waals surface area contributed by atoms with Crippen LogP contribution in [0.15, 0.2) is 48.5 Å². The monoisotopic (exact) mass is 248 g/mol. The van der Waals surface area contributed by atoms with Crippen molar-refractivity contribution in [3.63, 3.8) is 0 Å². The molecule has 0 atom stereocenters. The van der Waals surface area contributed by atoms with Gasteiger partial charge in [-0.05, 0) is 30.3 Å². The van der Waals surface area contributed by atoms with Crippen LogP contribution in [0.5, 0.6) is 0 Å². The van der Waals surface area contributed by atoms with Gasteiger partial charge in [-0.15, -0.1) is 0 Å². The highest BCUT2D eigenvalue weighted by molar-refractivity contribution is 5.96. The minimum Gasteiger partial charge on any atom is -0.399 e. The summed E-state index contributed by atoms with van der Waals surface area (Å²) in [4.78, 5) is 3.39. The third-order valence-electron chi connectivity index (χ3n) is 3.37. The van der Waals surface area contributed by atoms with Crippen LogP contribution in [0.1, 0.15) is 0 Å². The number of nitrogen functional groups attached to an aromatic ring is 1. The Kier molecular flexibility index (Phi) is 1.94. The van der Waals surface area contributed by atoms with Crippen LogP contribution in [0.4, 0.5) is 5.69 Å². The number of hydrogen-bond acceptors (Lipinski definition) is 2. The molecule has 2 heterocycles. The maximum atomic E-state index is 5.78. The van der Waals surface area contributed by atoms with E-state index < -0.39 is 0 Å². The normalized spacial score (nSPS) is 11.4. The quantitative estimate of drug-likeness (QED) is 0.452. The number of nitrogens with one attached hydrogen (secondary N) is 2. The Morgan fingerprint density at radius 3 is 2.74 bits per heavy atom. The fourth-order valence-corrected chi connectivity index (χ4v) is 2.44. The number of nitrogens with two attached hydrogens (primary N) is 1. The summed E-state index contributed by atoms with van der Waals surface area (Å²) in [6.07, 6.45) is 0. The predicted octanol–water partition coefficient (Wildman–Crippen LogP) is 3.29. The number of anilines is 1. The van der Waals surface area contributed by atoms with Gasteiger partial charge in [-0.2, -0.15) is 5.10 Å². The van der Waals surface area contributed by atoms with Crippen LogP contribution >= 0.6 is 0 Å². The number of benzene rings is 2. The summed E-state index contributed by atoms with van der Waals surface area (Å²) in [5, 5.41) is 9.67. The Bertz CT molecular complexity index is 852. The molecule has 2 aromatic carbocycles. The molecule has 4 heteroatoms. The summed E-state index contributed by atoms with van der Waals surface area (Å²) in [6.45, 7) is 0. The van der Waals surface area contributed by atoms with Crippen molar-refractivity contribution in [2.24, 2.45) is 0 Å². The molecule has 0 saturated heterocycles. The highest BCUT2D eigenvalue weighted by Gasteiger charge is 2.10. The first-order valence-electron chi connectivity index (χ1n) is 6.13. The van der Waals surface area contributed by atoms with Gasteiger partial charge in [0.05, 0.1) is 11.2 Å². The molecule has 0 fully saturated rings. The third-order valence-corrected chi connectivity index (χ3v) is 3.37. The second kappa shape index (κ2) is 3.62. The predicted molar refractivity (Wildman–Crippen MR) is 77.8 cm³/mol. The molecule has 0 aliphatic rings. The number of aromatic nitrogens is 3. The second-order valence-electron chi connectivity index (χ2n) is 4.65. The highest BCUT2D eigenvalue weighted by atomic mass is 15.1. The van der Waals surface area contributed by atoms with Gasteiger partial charge in [0, 0.05) is 22.0 Å². The number of nitrogens with zero attached hydrogens (tertiary/aromatic N) is 1. The molecule has 4 nitrogen and oxygen atoms in total. The summed E-state index contributed by atoms with van der Waals surface area (Å²) in [5.74, 6) is 0. The first-order valence-corrected chi connectivity index (χ1v) is 6.13. The van der Waals surface area contributed by atoms with Crippen LogP contribution in [0.3, 0.4) is 0 Å². The number of aromatic amines is 2. The summed E-state index contributed by atoms with van der Waals surface area (Å²) >= 11 is 0. The topological polar surface area (TPSA) is 70.5 Å². The molecular formula is C15H12N4. The smallest absolute Gasteiger partial charge is 0.116 e. The Morgan fingerprint density at radius 1 is 0.947 bits per heavy atom. The molecule has 92 valence electrons. The van der Waals surface area contributed by atoms with Crippen molar-refractivity contribution in [2.45, 2.75) is 0 Å². The average Bonchev–Trinajstić information content (AvgIpc) is 3.00. The van der Waals surface area contributed by atoms with Crippen LogP contribution in [0.2, 0.25) is 0 Å². The number of fused-ring (bicyclic) bond motifs is 2.